The predicted octanol–water partition coefficient (Wildman–Crippen LogP) is 2.22. The normalized spacial score (nSPS) is 10.6. The fourth-order valence-electron chi connectivity index (χ4n) is 1.43. The maximum atomic E-state index is 12.0. The van der Waals surface area contributed by atoms with Crippen molar-refractivity contribution in [3.8, 4) is 0 Å². The lowest BCUT2D eigenvalue weighted by Gasteiger charge is -2.21. The molecule has 0 aliphatic rings. The van der Waals surface area contributed by atoms with Crippen LogP contribution in [-0.2, 0) is 4.79 Å². The second kappa shape index (κ2) is 5.86. The first-order valence-corrected chi connectivity index (χ1v) is 5.94. The smallest absolute Gasteiger partial charge is 0.323 e. The van der Waals surface area contributed by atoms with Gasteiger partial charge in [0.2, 0.25) is 0 Å². The average molecular weight is 304 g/mol. The number of amides is 1. The molecule has 0 aliphatic heterocycles. The van der Waals surface area contributed by atoms with Crippen LogP contribution in [0.25, 0.3) is 0 Å². The Kier molecular flexibility index (Phi) is 4.74. The summed E-state index contributed by atoms with van der Waals surface area (Å²) in [6.07, 6.45) is 1.31. The maximum absolute atomic E-state index is 12.0. The molecule has 1 aromatic rings. The van der Waals surface area contributed by atoms with Crippen LogP contribution in [0, 0.1) is 5.92 Å². The van der Waals surface area contributed by atoms with E-state index in [0.29, 0.717) is 16.8 Å². The number of furan rings is 1. The van der Waals surface area contributed by atoms with E-state index in [-0.39, 0.29) is 18.4 Å². The highest BCUT2D eigenvalue weighted by Gasteiger charge is 2.20. The number of carboxylic acid groups (broad SMARTS) is 1. The average Bonchev–Trinajstić information content (AvgIpc) is 2.61. The van der Waals surface area contributed by atoms with Gasteiger partial charge in [-0.05, 0) is 21.8 Å². The molecule has 0 saturated carbocycles. The van der Waals surface area contributed by atoms with Gasteiger partial charge in [-0.2, -0.15) is 0 Å². The third-order valence-corrected chi connectivity index (χ3v) is 2.43. The molecule has 1 aromatic heterocycles. The van der Waals surface area contributed by atoms with Gasteiger partial charge in [-0.25, -0.2) is 0 Å². The molecule has 1 amide bonds. The Morgan fingerprint density at radius 3 is 2.59 bits per heavy atom. The zero-order valence-electron chi connectivity index (χ0n) is 9.64. The highest BCUT2D eigenvalue weighted by Crippen LogP contribution is 2.16. The van der Waals surface area contributed by atoms with Crippen LogP contribution in [0.5, 0.6) is 0 Å². The summed E-state index contributed by atoms with van der Waals surface area (Å²) in [5.41, 5.74) is 0.346. The third kappa shape index (κ3) is 4.22. The summed E-state index contributed by atoms with van der Waals surface area (Å²) >= 11 is 3.10. The zero-order valence-corrected chi connectivity index (χ0v) is 11.2. The molecule has 0 bridgehead atoms. The van der Waals surface area contributed by atoms with Crippen LogP contribution in [0.2, 0.25) is 0 Å². The van der Waals surface area contributed by atoms with Crippen molar-refractivity contribution in [2.24, 2.45) is 5.92 Å². The minimum Gasteiger partial charge on any atom is -0.480 e. The fourth-order valence-corrected chi connectivity index (χ4v) is 1.77. The van der Waals surface area contributed by atoms with Gasteiger partial charge in [-0.3, -0.25) is 9.59 Å². The molecule has 0 fully saturated rings. The number of hydrogen-bond acceptors (Lipinski definition) is 3. The summed E-state index contributed by atoms with van der Waals surface area (Å²) in [6, 6.07) is 1.53. The second-order valence-corrected chi connectivity index (χ2v) is 4.89. The molecular weight excluding hydrogens is 290 g/mol. The number of hydrogen-bond donors (Lipinski definition) is 1. The van der Waals surface area contributed by atoms with Gasteiger partial charge in [0.15, 0.2) is 4.67 Å². The number of carbonyl (C=O) groups is 2. The summed E-state index contributed by atoms with van der Waals surface area (Å²) < 4.78 is 5.41. The van der Waals surface area contributed by atoms with Crippen molar-refractivity contribution >= 4 is 27.8 Å². The van der Waals surface area contributed by atoms with E-state index in [1.165, 1.54) is 17.2 Å². The lowest BCUT2D eigenvalue weighted by molar-refractivity contribution is -0.137. The first-order chi connectivity index (χ1) is 7.90. The van der Waals surface area contributed by atoms with Crippen LogP contribution in [-0.4, -0.2) is 35.0 Å². The lowest BCUT2D eigenvalue weighted by Crippen LogP contribution is -2.38. The Labute approximate surface area is 108 Å². The van der Waals surface area contributed by atoms with Crippen LogP contribution in [0.1, 0.15) is 24.2 Å². The highest BCUT2D eigenvalue weighted by molar-refractivity contribution is 9.10. The van der Waals surface area contributed by atoms with Crippen molar-refractivity contribution in [3.63, 3.8) is 0 Å². The highest BCUT2D eigenvalue weighted by atomic mass is 79.9. The van der Waals surface area contributed by atoms with Crippen LogP contribution in [0.3, 0.4) is 0 Å². The Morgan fingerprint density at radius 1 is 1.53 bits per heavy atom. The molecule has 0 unspecified atom stereocenters. The standard InChI is InChI=1S/C11H14BrNO4/c1-7(2)4-13(5-10(14)15)11(16)8-3-9(12)17-6-8/h3,6-7H,4-5H2,1-2H3,(H,14,15). The van der Waals surface area contributed by atoms with Gasteiger partial charge in [-0.1, -0.05) is 13.8 Å². The van der Waals surface area contributed by atoms with Crippen molar-refractivity contribution in [1.29, 1.82) is 0 Å². The molecule has 0 aromatic carbocycles. The minimum absolute atomic E-state index is 0.202. The lowest BCUT2D eigenvalue weighted by atomic mass is 10.2. The first kappa shape index (κ1) is 13.8. The minimum atomic E-state index is -1.03. The van der Waals surface area contributed by atoms with E-state index in [9.17, 15) is 9.59 Å². The van der Waals surface area contributed by atoms with Gasteiger partial charge >= 0.3 is 5.97 Å². The molecule has 1 heterocycles. The summed E-state index contributed by atoms with van der Waals surface area (Å²) in [5, 5.41) is 8.77. The Bertz CT molecular complexity index is 413. The van der Waals surface area contributed by atoms with Crippen molar-refractivity contribution in [2.75, 3.05) is 13.1 Å². The molecule has 0 spiro atoms. The predicted molar refractivity (Wildman–Crippen MR) is 64.8 cm³/mol. The van der Waals surface area contributed by atoms with Crippen LogP contribution in [0.4, 0.5) is 0 Å². The van der Waals surface area contributed by atoms with Crippen molar-refractivity contribution in [1.82, 2.24) is 4.90 Å². The number of nitrogens with zero attached hydrogens (tertiary/aromatic N) is 1. The molecule has 17 heavy (non-hydrogen) atoms. The van der Waals surface area contributed by atoms with E-state index in [2.05, 4.69) is 15.9 Å². The molecule has 0 aliphatic carbocycles. The van der Waals surface area contributed by atoms with Gasteiger partial charge in [0.1, 0.15) is 12.8 Å². The molecule has 0 radical (unpaired) electrons. The SMILES string of the molecule is CC(C)CN(CC(=O)O)C(=O)c1coc(Br)c1. The van der Waals surface area contributed by atoms with Gasteiger partial charge in [0.05, 0.1) is 5.56 Å². The Hall–Kier alpha value is -1.30. The molecule has 0 atom stereocenters. The van der Waals surface area contributed by atoms with Crippen LogP contribution < -0.4 is 0 Å². The molecule has 1 N–H and O–H groups in total. The number of aliphatic carboxylic acids is 1. The van der Waals surface area contributed by atoms with E-state index in [1.807, 2.05) is 13.8 Å². The van der Waals surface area contributed by atoms with Crippen molar-refractivity contribution in [2.45, 2.75) is 13.8 Å². The Balaban J connectivity index is 2.82. The molecule has 94 valence electrons. The van der Waals surface area contributed by atoms with E-state index < -0.39 is 5.97 Å². The topological polar surface area (TPSA) is 70.8 Å². The molecule has 6 heteroatoms. The van der Waals surface area contributed by atoms with Gasteiger partial charge in [0.25, 0.3) is 5.91 Å². The number of halogens is 1. The molecular formula is C11H14BrNO4. The van der Waals surface area contributed by atoms with E-state index >= 15 is 0 Å². The summed E-state index contributed by atoms with van der Waals surface area (Å²) in [5.74, 6) is -1.16. The van der Waals surface area contributed by atoms with Crippen molar-refractivity contribution < 1.29 is 19.1 Å². The van der Waals surface area contributed by atoms with E-state index in [1.54, 1.807) is 0 Å². The zero-order chi connectivity index (χ0) is 13.0. The van der Waals surface area contributed by atoms with Gasteiger partial charge in [0, 0.05) is 12.6 Å². The fraction of sp³-hybridized carbons (Fsp3) is 0.455. The van der Waals surface area contributed by atoms with Crippen molar-refractivity contribution in [3.05, 3.63) is 22.6 Å². The molecule has 0 saturated heterocycles. The van der Waals surface area contributed by atoms with E-state index in [0.717, 1.165) is 0 Å². The van der Waals surface area contributed by atoms with Crippen LogP contribution >= 0.6 is 15.9 Å². The van der Waals surface area contributed by atoms with Crippen LogP contribution in [0.15, 0.2) is 21.4 Å². The summed E-state index contributed by atoms with van der Waals surface area (Å²) in [7, 11) is 0. The molecule has 1 rings (SSSR count). The first-order valence-electron chi connectivity index (χ1n) is 5.15. The van der Waals surface area contributed by atoms with Gasteiger partial charge < -0.3 is 14.4 Å². The summed E-state index contributed by atoms with van der Waals surface area (Å²) in [6.45, 7) is 3.94. The summed E-state index contributed by atoms with van der Waals surface area (Å²) in [4.78, 5) is 24.0. The quantitative estimate of drug-likeness (QED) is 0.905. The third-order valence-electron chi connectivity index (χ3n) is 2.01. The number of rotatable bonds is 5. The number of carboxylic acids is 1. The second-order valence-electron chi connectivity index (χ2n) is 4.11. The van der Waals surface area contributed by atoms with E-state index in [4.69, 9.17) is 9.52 Å². The Morgan fingerprint density at radius 2 is 2.18 bits per heavy atom. The maximum Gasteiger partial charge on any atom is 0.323 e. The monoisotopic (exact) mass is 303 g/mol. The van der Waals surface area contributed by atoms with Gasteiger partial charge in [-0.15, -0.1) is 0 Å². The number of carbonyl (C=O) groups excluding carboxylic acids is 1. The largest absolute Gasteiger partial charge is 0.480 e. The molecule has 5 nitrogen and oxygen atoms in total.